The van der Waals surface area contributed by atoms with Gasteiger partial charge in [-0.3, -0.25) is 0 Å². The highest BCUT2D eigenvalue weighted by atomic mass is 16.7. The lowest BCUT2D eigenvalue weighted by Crippen LogP contribution is -2.45. The van der Waals surface area contributed by atoms with E-state index < -0.39 is 47.4 Å². The largest absolute Gasteiger partial charge is 0.494 e. The molecule has 2 atom stereocenters. The predicted octanol–water partition coefficient (Wildman–Crippen LogP) is 7.63. The van der Waals surface area contributed by atoms with E-state index in [2.05, 4.69) is 25.8 Å². The van der Waals surface area contributed by atoms with E-state index in [1.807, 2.05) is 60.7 Å². The molecule has 17 heteroatoms. The average Bonchev–Trinajstić information content (AvgIpc) is 3.32. The van der Waals surface area contributed by atoms with E-state index in [1.165, 1.54) is 0 Å². The van der Waals surface area contributed by atoms with E-state index >= 15 is 0 Å². The van der Waals surface area contributed by atoms with E-state index in [0.29, 0.717) is 41.8 Å². The van der Waals surface area contributed by atoms with Gasteiger partial charge in [-0.1, -0.05) is 71.0 Å². The number of nitrogens with two attached hydrogens (primary N) is 2. The molecule has 0 aliphatic carbocycles. The fraction of sp³-hybridized carbons (Fsp3) is 0.434. The van der Waals surface area contributed by atoms with Crippen molar-refractivity contribution in [3.63, 3.8) is 0 Å². The molecule has 4 aromatic rings. The Hall–Kier alpha value is -7.14. The summed E-state index contributed by atoms with van der Waals surface area (Å²) in [6.45, 7) is 14.6. The summed E-state index contributed by atoms with van der Waals surface area (Å²) in [7, 11) is 0. The molecule has 1 saturated heterocycles. The Balaban J connectivity index is 0.953. The Kier molecular flexibility index (Phi) is 20.4. The highest BCUT2D eigenvalue weighted by Gasteiger charge is 2.28. The third-order valence-corrected chi connectivity index (χ3v) is 10.9. The quantitative estimate of drug-likeness (QED) is 0.0196. The lowest BCUT2D eigenvalue weighted by molar-refractivity contribution is -0.146. The normalized spacial score (nSPS) is 14.7. The Morgan fingerprint density at radius 3 is 1.40 bits per heavy atom. The van der Waals surface area contributed by atoms with Gasteiger partial charge >= 0.3 is 24.1 Å². The first kappa shape index (κ1) is 53.8. The van der Waals surface area contributed by atoms with Crippen molar-refractivity contribution in [3.8, 4) is 11.5 Å². The molecule has 0 saturated carbocycles. The molecule has 1 aliphatic heterocycles. The first-order chi connectivity index (χ1) is 33.4. The Bertz CT molecular complexity index is 2160. The third kappa shape index (κ3) is 19.8. The highest BCUT2D eigenvalue weighted by Crippen LogP contribution is 2.23. The molecule has 0 spiro atoms. The van der Waals surface area contributed by atoms with Gasteiger partial charge in [0.2, 0.25) is 0 Å². The summed E-state index contributed by atoms with van der Waals surface area (Å²) in [6.07, 6.45) is 4.03. The molecule has 1 heterocycles. The number of hydrogen-bond donors (Lipinski definition) is 4. The van der Waals surface area contributed by atoms with Gasteiger partial charge in [0.15, 0.2) is 11.7 Å². The first-order valence-electron chi connectivity index (χ1n) is 23.7. The zero-order valence-electron chi connectivity index (χ0n) is 41.2. The number of hydrogen-bond acceptors (Lipinski definition) is 13. The number of ether oxygens (including phenoxy) is 4. The van der Waals surface area contributed by atoms with Gasteiger partial charge in [0.25, 0.3) is 0 Å². The predicted molar refractivity (Wildman–Crippen MR) is 267 cm³/mol. The standard InChI is InChI=1S/C53H69N7O10/c1-52(2,3)67-50(63)56-44(35-38-15-9-7-10-16-38)48(61)69-58-46(54)40-20-24-42(25-21-40)65-33-13-19-37-28-31-60(32-29-37)30-14-34-66-43-26-22-41(23-27-43)47(55)59-70-49(62)45(36-39-17-11-8-12-18-39)57-51(64)68-53(4,5)6/h7-12,15-18,20-27,37,44-45H,13-14,19,28-36H2,1-6H3,(H2,54,58)(H2,55,59)(H,56,63)(H,57,64)/t44-,45-/m0/s1. The molecule has 0 unspecified atom stereocenters. The van der Waals surface area contributed by atoms with Crippen molar-refractivity contribution in [3.05, 3.63) is 131 Å². The number of nitrogens with zero attached hydrogens (tertiary/aromatic N) is 3. The van der Waals surface area contributed by atoms with Crippen LogP contribution in [0.4, 0.5) is 9.59 Å². The lowest BCUT2D eigenvalue weighted by atomic mass is 9.92. The molecule has 0 aromatic heterocycles. The van der Waals surface area contributed by atoms with Crippen LogP contribution in [0.5, 0.6) is 11.5 Å². The fourth-order valence-electron chi connectivity index (χ4n) is 7.39. The number of alkyl carbamates (subject to hydrolysis) is 2. The number of benzene rings is 4. The van der Waals surface area contributed by atoms with E-state index in [9.17, 15) is 19.2 Å². The molecule has 0 radical (unpaired) electrons. The Morgan fingerprint density at radius 1 is 0.600 bits per heavy atom. The lowest BCUT2D eigenvalue weighted by Gasteiger charge is -2.32. The van der Waals surface area contributed by atoms with Gasteiger partial charge < -0.3 is 55.6 Å². The van der Waals surface area contributed by atoms with Crippen LogP contribution in [0.25, 0.3) is 0 Å². The van der Waals surface area contributed by atoms with E-state index in [1.54, 1.807) is 90.1 Å². The average molecular weight is 964 g/mol. The van der Waals surface area contributed by atoms with Crippen molar-refractivity contribution in [1.29, 1.82) is 0 Å². The molecular formula is C53H69N7O10. The second-order valence-electron chi connectivity index (χ2n) is 19.1. The van der Waals surface area contributed by atoms with E-state index in [-0.39, 0.29) is 24.5 Å². The molecule has 4 aromatic carbocycles. The summed E-state index contributed by atoms with van der Waals surface area (Å²) in [5.74, 6) is 0.462. The van der Waals surface area contributed by atoms with Gasteiger partial charge in [-0.05, 0) is 152 Å². The molecule has 5 rings (SSSR count). The minimum atomic E-state index is -1.05. The van der Waals surface area contributed by atoms with Crippen LogP contribution < -0.4 is 31.6 Å². The van der Waals surface area contributed by atoms with E-state index in [0.717, 1.165) is 62.9 Å². The number of nitrogens with one attached hydrogen (secondary N) is 2. The van der Waals surface area contributed by atoms with Crippen LogP contribution in [-0.4, -0.2) is 96.8 Å². The van der Waals surface area contributed by atoms with Crippen LogP contribution in [0.3, 0.4) is 0 Å². The summed E-state index contributed by atoms with van der Waals surface area (Å²) in [5.41, 5.74) is 13.5. The van der Waals surface area contributed by atoms with Gasteiger partial charge in [0, 0.05) is 30.5 Å². The summed E-state index contributed by atoms with van der Waals surface area (Å²) >= 11 is 0. The molecule has 1 aliphatic rings. The zero-order chi connectivity index (χ0) is 50.5. The van der Waals surface area contributed by atoms with Crippen LogP contribution in [-0.2, 0) is 41.6 Å². The van der Waals surface area contributed by atoms with E-state index in [4.69, 9.17) is 40.1 Å². The summed E-state index contributed by atoms with van der Waals surface area (Å²) in [5, 5.41) is 12.9. The van der Waals surface area contributed by atoms with Crippen molar-refractivity contribution < 1.29 is 47.8 Å². The summed E-state index contributed by atoms with van der Waals surface area (Å²) in [4.78, 5) is 63.8. The van der Waals surface area contributed by atoms with Crippen molar-refractivity contribution in [2.45, 2.75) is 110 Å². The maximum absolute atomic E-state index is 13.0. The van der Waals surface area contributed by atoms with Crippen molar-refractivity contribution in [2.75, 3.05) is 32.8 Å². The van der Waals surface area contributed by atoms with Gasteiger partial charge in [-0.15, -0.1) is 0 Å². The number of oxime groups is 2. The Labute approximate surface area is 411 Å². The molecule has 1 fully saturated rings. The second-order valence-corrected chi connectivity index (χ2v) is 19.1. The van der Waals surface area contributed by atoms with Crippen LogP contribution in [0.15, 0.2) is 120 Å². The molecule has 17 nitrogen and oxygen atoms in total. The number of piperidine rings is 1. The number of likely N-dealkylation sites (tertiary alicyclic amines) is 1. The summed E-state index contributed by atoms with van der Waals surface area (Å²) in [6, 6.07) is 30.5. The molecule has 376 valence electrons. The monoisotopic (exact) mass is 964 g/mol. The number of rotatable bonds is 22. The minimum absolute atomic E-state index is 0.000230. The van der Waals surface area contributed by atoms with Crippen LogP contribution in [0.1, 0.15) is 95.9 Å². The molecule has 0 bridgehead atoms. The van der Waals surface area contributed by atoms with Crippen LogP contribution >= 0.6 is 0 Å². The van der Waals surface area contributed by atoms with Gasteiger partial charge in [-0.25, -0.2) is 19.2 Å². The first-order valence-corrected chi connectivity index (χ1v) is 23.7. The van der Waals surface area contributed by atoms with Crippen LogP contribution in [0, 0.1) is 5.92 Å². The highest BCUT2D eigenvalue weighted by molar-refractivity contribution is 5.98. The summed E-state index contributed by atoms with van der Waals surface area (Å²) < 4.78 is 22.7. The number of carbonyl (C=O) groups is 4. The molecular weight excluding hydrogens is 895 g/mol. The van der Waals surface area contributed by atoms with Crippen molar-refractivity contribution in [1.82, 2.24) is 15.5 Å². The van der Waals surface area contributed by atoms with Gasteiger partial charge in [0.1, 0.15) is 34.8 Å². The number of amides is 2. The van der Waals surface area contributed by atoms with Gasteiger partial charge in [-0.2, -0.15) is 0 Å². The number of carbonyl (C=O) groups excluding carboxylic acids is 4. The second kappa shape index (κ2) is 26.6. The van der Waals surface area contributed by atoms with Crippen molar-refractivity contribution in [2.24, 2.45) is 27.7 Å². The molecule has 70 heavy (non-hydrogen) atoms. The van der Waals surface area contributed by atoms with Crippen molar-refractivity contribution >= 4 is 35.8 Å². The fourth-order valence-corrected chi connectivity index (χ4v) is 7.39. The SMILES string of the molecule is CC(C)(C)OC(=O)N[C@@H](Cc1ccccc1)C(=O)ON=C(N)c1ccc(OCCCC2CCN(CCCOc3ccc(C(N)=NOC(=O)[C@H](Cc4ccccc4)NC(=O)OC(C)(C)C)cc3)CC2)cc1. The topological polar surface area (TPSA) is 228 Å². The maximum Gasteiger partial charge on any atom is 0.408 e. The van der Waals surface area contributed by atoms with Gasteiger partial charge in [0.05, 0.1) is 13.2 Å². The molecule has 6 N–H and O–H groups in total. The number of amidine groups is 2. The van der Waals surface area contributed by atoms with Crippen LogP contribution in [0.2, 0.25) is 0 Å². The minimum Gasteiger partial charge on any atom is -0.494 e. The third-order valence-electron chi connectivity index (χ3n) is 10.9. The zero-order valence-corrected chi connectivity index (χ0v) is 41.2. The maximum atomic E-state index is 13.0. The Morgan fingerprint density at radius 2 is 1.00 bits per heavy atom. The molecule has 2 amide bonds. The smallest absolute Gasteiger partial charge is 0.408 e.